The molecule has 0 aliphatic heterocycles. The fraction of sp³-hybridized carbons (Fsp3) is 0.364. The van der Waals surface area contributed by atoms with Crippen LogP contribution < -0.4 is 16.8 Å². The van der Waals surface area contributed by atoms with Crippen LogP contribution in [0.25, 0.3) is 0 Å². The molecule has 31 heavy (non-hydrogen) atoms. The first kappa shape index (κ1) is 22.8. The van der Waals surface area contributed by atoms with Crippen molar-refractivity contribution < 1.29 is 14.3 Å². The second-order valence-corrected chi connectivity index (χ2v) is 8.73. The van der Waals surface area contributed by atoms with Gasteiger partial charge in [-0.05, 0) is 54.3 Å². The number of nitrogens with zero attached hydrogens (tertiary/aromatic N) is 2. The van der Waals surface area contributed by atoms with Gasteiger partial charge in [0.25, 0.3) is 11.6 Å². The molecule has 1 fully saturated rings. The SMILES string of the molecule is C/[N+](CN)=C(/N)Sc1ccc([N+](=O)[O-])cc1C(=O)Nc1ccc(C2CCCCC2)cc1. The van der Waals surface area contributed by atoms with Gasteiger partial charge in [0.15, 0.2) is 0 Å². The molecule has 0 spiro atoms. The number of nitro groups is 1. The van der Waals surface area contributed by atoms with Crippen molar-refractivity contribution in [3.05, 3.63) is 63.7 Å². The Labute approximate surface area is 185 Å². The van der Waals surface area contributed by atoms with Gasteiger partial charge in [-0.1, -0.05) is 31.4 Å². The number of benzene rings is 2. The van der Waals surface area contributed by atoms with Gasteiger partial charge in [-0.15, -0.1) is 0 Å². The third-order valence-electron chi connectivity index (χ3n) is 5.53. The highest BCUT2D eigenvalue weighted by molar-refractivity contribution is 8.13. The number of rotatable bonds is 6. The normalized spacial score (nSPS) is 15.3. The summed E-state index contributed by atoms with van der Waals surface area (Å²) in [4.78, 5) is 24.2. The summed E-state index contributed by atoms with van der Waals surface area (Å²) in [7, 11) is 1.72. The van der Waals surface area contributed by atoms with Crippen molar-refractivity contribution in [2.75, 3.05) is 19.0 Å². The molecule has 0 unspecified atom stereocenters. The molecule has 5 N–H and O–H groups in total. The first-order chi connectivity index (χ1) is 14.9. The first-order valence-corrected chi connectivity index (χ1v) is 11.1. The van der Waals surface area contributed by atoms with E-state index in [-0.39, 0.29) is 17.9 Å². The van der Waals surface area contributed by atoms with Crippen LogP contribution in [0, 0.1) is 10.1 Å². The average molecular weight is 443 g/mol. The standard InChI is InChI=1S/C22H27N5O3S/c1-26(14-23)22(24)31-20-12-11-18(27(29)30)13-19(20)21(28)25-17-9-7-16(8-10-17)15-5-3-2-4-6-15/h7-13,15,24H,2-6,14,23H2,1H3,(H,25,28)/p+1. The number of anilines is 1. The lowest BCUT2D eigenvalue weighted by molar-refractivity contribution is -0.494. The van der Waals surface area contributed by atoms with E-state index in [2.05, 4.69) is 17.4 Å². The van der Waals surface area contributed by atoms with E-state index in [1.807, 2.05) is 12.1 Å². The molecule has 0 heterocycles. The zero-order valence-electron chi connectivity index (χ0n) is 17.5. The molecular weight excluding hydrogens is 414 g/mol. The molecule has 0 bridgehead atoms. The van der Waals surface area contributed by atoms with E-state index in [0.717, 1.165) is 11.8 Å². The number of nitro benzene ring substituents is 1. The molecule has 0 saturated heterocycles. The molecule has 1 saturated carbocycles. The van der Waals surface area contributed by atoms with Crippen LogP contribution in [0.15, 0.2) is 47.4 Å². The summed E-state index contributed by atoms with van der Waals surface area (Å²) < 4.78 is 1.62. The van der Waals surface area contributed by atoms with Crippen molar-refractivity contribution in [1.82, 2.24) is 0 Å². The van der Waals surface area contributed by atoms with Gasteiger partial charge >= 0.3 is 5.17 Å². The maximum atomic E-state index is 13.0. The van der Waals surface area contributed by atoms with Gasteiger partial charge in [-0.3, -0.25) is 26.4 Å². The van der Waals surface area contributed by atoms with Crippen LogP contribution in [0.4, 0.5) is 11.4 Å². The quantitative estimate of drug-likeness (QED) is 0.119. The summed E-state index contributed by atoms with van der Waals surface area (Å²) in [6.45, 7) is 0.209. The van der Waals surface area contributed by atoms with Crippen molar-refractivity contribution in [3.63, 3.8) is 0 Å². The minimum atomic E-state index is -0.525. The monoisotopic (exact) mass is 442 g/mol. The van der Waals surface area contributed by atoms with E-state index in [4.69, 9.17) is 11.5 Å². The van der Waals surface area contributed by atoms with Gasteiger partial charge < -0.3 is 5.32 Å². The Morgan fingerprint density at radius 1 is 1.16 bits per heavy atom. The fourth-order valence-corrected chi connectivity index (χ4v) is 4.50. The van der Waals surface area contributed by atoms with Crippen molar-refractivity contribution >= 4 is 34.2 Å². The van der Waals surface area contributed by atoms with Crippen LogP contribution in [0.1, 0.15) is 53.9 Å². The Balaban J connectivity index is 1.82. The van der Waals surface area contributed by atoms with Crippen LogP contribution >= 0.6 is 11.8 Å². The minimum absolute atomic E-state index is 0.159. The van der Waals surface area contributed by atoms with Gasteiger partial charge in [0.05, 0.1) is 17.5 Å². The van der Waals surface area contributed by atoms with Crippen molar-refractivity contribution in [3.8, 4) is 0 Å². The molecule has 0 aromatic heterocycles. The molecule has 164 valence electrons. The predicted molar refractivity (Wildman–Crippen MR) is 124 cm³/mol. The van der Waals surface area contributed by atoms with Gasteiger partial charge in [-0.25, -0.2) is 4.58 Å². The largest absolute Gasteiger partial charge is 0.322 e. The summed E-state index contributed by atoms with van der Waals surface area (Å²) in [5, 5.41) is 14.5. The third-order valence-corrected chi connectivity index (χ3v) is 6.63. The average Bonchev–Trinajstić information content (AvgIpc) is 2.79. The van der Waals surface area contributed by atoms with E-state index in [1.54, 1.807) is 11.6 Å². The summed E-state index contributed by atoms with van der Waals surface area (Å²) in [5.41, 5.74) is 13.6. The van der Waals surface area contributed by atoms with E-state index in [9.17, 15) is 14.9 Å². The van der Waals surface area contributed by atoms with Crippen LogP contribution in [0.3, 0.4) is 0 Å². The topological polar surface area (TPSA) is 127 Å². The summed E-state index contributed by atoms with van der Waals surface area (Å²) in [6.07, 6.45) is 6.23. The van der Waals surface area contributed by atoms with Crippen molar-refractivity contribution in [2.45, 2.75) is 42.9 Å². The lowest BCUT2D eigenvalue weighted by atomic mass is 9.84. The number of hydrogen-bond donors (Lipinski definition) is 3. The lowest BCUT2D eigenvalue weighted by Crippen LogP contribution is -2.27. The van der Waals surface area contributed by atoms with Crippen LogP contribution in [0.5, 0.6) is 0 Å². The maximum Gasteiger partial charge on any atom is 0.309 e. The van der Waals surface area contributed by atoms with Crippen LogP contribution in [0.2, 0.25) is 0 Å². The minimum Gasteiger partial charge on any atom is -0.322 e. The number of thioether (sulfide) groups is 1. The second kappa shape index (κ2) is 10.4. The number of carbonyl (C=O) groups excluding carboxylic acids is 1. The van der Waals surface area contributed by atoms with Crippen LogP contribution in [-0.4, -0.2) is 34.3 Å². The van der Waals surface area contributed by atoms with Gasteiger partial charge in [0.1, 0.15) is 6.67 Å². The smallest absolute Gasteiger partial charge is 0.309 e. The number of nitrogens with two attached hydrogens (primary N) is 2. The van der Waals surface area contributed by atoms with Crippen molar-refractivity contribution in [1.29, 1.82) is 0 Å². The Morgan fingerprint density at radius 2 is 1.84 bits per heavy atom. The summed E-state index contributed by atoms with van der Waals surface area (Å²) in [6, 6.07) is 12.0. The van der Waals surface area contributed by atoms with E-state index < -0.39 is 10.8 Å². The molecule has 1 aliphatic rings. The van der Waals surface area contributed by atoms with Gasteiger partial charge in [-0.2, -0.15) is 0 Å². The molecular formula is C22H28N5O3S+. The van der Waals surface area contributed by atoms with Gasteiger partial charge in [0, 0.05) is 22.7 Å². The summed E-state index contributed by atoms with van der Waals surface area (Å²) in [5.74, 6) is 0.149. The van der Waals surface area contributed by atoms with E-state index >= 15 is 0 Å². The maximum absolute atomic E-state index is 13.0. The molecule has 2 aromatic carbocycles. The second-order valence-electron chi connectivity index (χ2n) is 7.67. The third kappa shape index (κ3) is 5.83. The number of non-ortho nitro benzene ring substituents is 1. The molecule has 0 atom stereocenters. The Bertz CT molecular complexity index is 985. The molecule has 0 radical (unpaired) electrons. The number of carbonyl (C=O) groups is 1. The Morgan fingerprint density at radius 3 is 2.45 bits per heavy atom. The number of amides is 1. The summed E-state index contributed by atoms with van der Waals surface area (Å²) >= 11 is 1.14. The van der Waals surface area contributed by atoms with Gasteiger partial charge in [0.2, 0.25) is 0 Å². The highest BCUT2D eigenvalue weighted by Crippen LogP contribution is 2.33. The Hall–Kier alpha value is -2.91. The first-order valence-electron chi connectivity index (χ1n) is 10.3. The molecule has 2 aromatic rings. The lowest BCUT2D eigenvalue weighted by Gasteiger charge is -2.22. The van der Waals surface area contributed by atoms with Crippen molar-refractivity contribution in [2.24, 2.45) is 11.5 Å². The van der Waals surface area contributed by atoms with E-state index in [1.165, 1.54) is 55.9 Å². The highest BCUT2D eigenvalue weighted by atomic mass is 32.2. The zero-order valence-corrected chi connectivity index (χ0v) is 18.4. The molecule has 9 heteroatoms. The number of nitrogens with one attached hydrogen (secondary N) is 1. The molecule has 3 rings (SSSR count). The zero-order chi connectivity index (χ0) is 22.4. The number of hydrogen-bond acceptors (Lipinski definition) is 5. The van der Waals surface area contributed by atoms with E-state index in [0.29, 0.717) is 21.7 Å². The van der Waals surface area contributed by atoms with Crippen LogP contribution in [-0.2, 0) is 0 Å². The fourth-order valence-electron chi connectivity index (χ4n) is 3.65. The number of amidine groups is 1. The highest BCUT2D eigenvalue weighted by Gasteiger charge is 2.21. The molecule has 1 amide bonds. The predicted octanol–water partition coefficient (Wildman–Crippen LogP) is 3.86. The Kier molecular flexibility index (Phi) is 7.64. The molecule has 8 nitrogen and oxygen atoms in total. The molecule has 1 aliphatic carbocycles.